The van der Waals surface area contributed by atoms with Gasteiger partial charge in [0.2, 0.25) is 0 Å². The van der Waals surface area contributed by atoms with Gasteiger partial charge in [0, 0.05) is 10.7 Å². The minimum absolute atomic E-state index is 0.343. The monoisotopic (exact) mass is 298 g/mol. The Kier molecular flexibility index (Phi) is 3.97. The third-order valence-electron chi connectivity index (χ3n) is 3.55. The highest BCUT2D eigenvalue weighted by Crippen LogP contribution is 2.43. The summed E-state index contributed by atoms with van der Waals surface area (Å²) in [5.74, 6) is 1.68. The Balaban J connectivity index is 2.03. The zero-order chi connectivity index (χ0) is 12.3. The van der Waals surface area contributed by atoms with Crippen LogP contribution in [-0.2, 0) is 0 Å². The molecule has 2 nitrogen and oxygen atoms in total. The number of aryl methyl sites for hydroxylation is 1. The Hall–Kier alpha value is -0.700. The molecule has 3 heteroatoms. The van der Waals surface area contributed by atoms with Crippen LogP contribution in [0.5, 0.6) is 11.5 Å². The lowest BCUT2D eigenvalue weighted by Gasteiger charge is -2.40. The van der Waals surface area contributed by atoms with Gasteiger partial charge in [0.15, 0.2) is 11.5 Å². The van der Waals surface area contributed by atoms with Crippen LogP contribution in [0.15, 0.2) is 18.2 Å². The van der Waals surface area contributed by atoms with E-state index < -0.39 is 0 Å². The van der Waals surface area contributed by atoms with E-state index in [1.165, 1.54) is 24.8 Å². The van der Waals surface area contributed by atoms with Crippen molar-refractivity contribution in [3.8, 4) is 11.5 Å². The molecular formula is C14H19BrO2. The molecule has 0 amide bonds. The van der Waals surface area contributed by atoms with Crippen molar-refractivity contribution in [1.29, 1.82) is 0 Å². The third-order valence-corrected chi connectivity index (χ3v) is 4.74. The highest BCUT2D eigenvalue weighted by atomic mass is 79.9. The predicted octanol–water partition coefficient (Wildman–Crippen LogP) is 3.95. The second-order valence-corrected chi connectivity index (χ2v) is 5.49. The van der Waals surface area contributed by atoms with E-state index in [-0.39, 0.29) is 0 Å². The number of alkyl halides is 1. The second-order valence-electron chi connectivity index (χ2n) is 4.93. The van der Waals surface area contributed by atoms with Crippen molar-refractivity contribution in [3.63, 3.8) is 0 Å². The van der Waals surface area contributed by atoms with Crippen LogP contribution in [0.3, 0.4) is 0 Å². The van der Waals surface area contributed by atoms with Crippen LogP contribution in [0, 0.1) is 12.3 Å². The molecule has 0 atom stereocenters. The van der Waals surface area contributed by atoms with Gasteiger partial charge in [-0.3, -0.25) is 0 Å². The van der Waals surface area contributed by atoms with Crippen molar-refractivity contribution in [2.24, 2.45) is 5.41 Å². The lowest BCUT2D eigenvalue weighted by atomic mass is 9.71. The lowest BCUT2D eigenvalue weighted by Crippen LogP contribution is -2.37. The van der Waals surface area contributed by atoms with Crippen LogP contribution >= 0.6 is 15.9 Å². The van der Waals surface area contributed by atoms with Gasteiger partial charge in [-0.15, -0.1) is 0 Å². The van der Waals surface area contributed by atoms with Gasteiger partial charge in [-0.25, -0.2) is 0 Å². The van der Waals surface area contributed by atoms with E-state index in [2.05, 4.69) is 28.9 Å². The van der Waals surface area contributed by atoms with Crippen molar-refractivity contribution in [2.45, 2.75) is 26.2 Å². The minimum Gasteiger partial charge on any atom is -0.493 e. The molecule has 0 aromatic heterocycles. The second kappa shape index (κ2) is 5.30. The fourth-order valence-corrected chi connectivity index (χ4v) is 2.84. The molecule has 1 aromatic rings. The van der Waals surface area contributed by atoms with E-state index in [0.29, 0.717) is 5.41 Å². The number of hydrogen-bond donors (Lipinski definition) is 0. The standard InChI is InChI=1S/C14H19BrO2/c1-11-4-5-12(13(8-11)16-2)17-10-14(9-15)6-3-7-14/h4-5,8H,3,6-7,9-10H2,1-2H3. The fourth-order valence-electron chi connectivity index (χ4n) is 2.12. The Bertz CT molecular complexity index is 380. The molecule has 17 heavy (non-hydrogen) atoms. The Morgan fingerprint density at radius 3 is 2.59 bits per heavy atom. The summed E-state index contributed by atoms with van der Waals surface area (Å²) in [6.07, 6.45) is 3.83. The molecule has 1 aliphatic rings. The molecule has 0 spiro atoms. The summed E-state index contributed by atoms with van der Waals surface area (Å²) in [4.78, 5) is 0. The van der Waals surface area contributed by atoms with Crippen LogP contribution in [0.2, 0.25) is 0 Å². The van der Waals surface area contributed by atoms with Gasteiger partial charge in [-0.05, 0) is 37.5 Å². The molecule has 2 rings (SSSR count). The summed E-state index contributed by atoms with van der Waals surface area (Å²) < 4.78 is 11.3. The number of benzene rings is 1. The van der Waals surface area contributed by atoms with Gasteiger partial charge in [0.05, 0.1) is 13.7 Å². The normalized spacial score (nSPS) is 17.4. The van der Waals surface area contributed by atoms with E-state index in [1.54, 1.807) is 7.11 Å². The average Bonchev–Trinajstić information content (AvgIpc) is 2.29. The van der Waals surface area contributed by atoms with Crippen molar-refractivity contribution < 1.29 is 9.47 Å². The number of rotatable bonds is 5. The molecule has 0 bridgehead atoms. The molecule has 0 radical (unpaired) electrons. The lowest BCUT2D eigenvalue weighted by molar-refractivity contribution is 0.0820. The first-order valence-corrected chi connectivity index (χ1v) is 7.15. The molecule has 0 unspecified atom stereocenters. The number of hydrogen-bond acceptors (Lipinski definition) is 2. The zero-order valence-electron chi connectivity index (χ0n) is 10.5. The van der Waals surface area contributed by atoms with Crippen LogP contribution in [0.4, 0.5) is 0 Å². The third kappa shape index (κ3) is 2.76. The zero-order valence-corrected chi connectivity index (χ0v) is 12.0. The SMILES string of the molecule is COc1cc(C)ccc1OCC1(CBr)CCC1. The number of methoxy groups -OCH3 is 1. The molecule has 0 aliphatic heterocycles. The predicted molar refractivity (Wildman–Crippen MR) is 73.3 cm³/mol. The van der Waals surface area contributed by atoms with Gasteiger partial charge in [0.25, 0.3) is 0 Å². The average molecular weight is 299 g/mol. The van der Waals surface area contributed by atoms with Crippen LogP contribution in [-0.4, -0.2) is 19.0 Å². The molecule has 0 saturated heterocycles. The topological polar surface area (TPSA) is 18.5 Å². The fraction of sp³-hybridized carbons (Fsp3) is 0.571. The van der Waals surface area contributed by atoms with E-state index >= 15 is 0 Å². The first-order chi connectivity index (χ1) is 8.19. The van der Waals surface area contributed by atoms with Crippen LogP contribution < -0.4 is 9.47 Å². The van der Waals surface area contributed by atoms with Gasteiger partial charge < -0.3 is 9.47 Å². The molecular weight excluding hydrogens is 280 g/mol. The van der Waals surface area contributed by atoms with Crippen molar-refractivity contribution in [2.75, 3.05) is 19.0 Å². The van der Waals surface area contributed by atoms with Crippen molar-refractivity contribution >= 4 is 15.9 Å². The maximum absolute atomic E-state index is 5.93. The van der Waals surface area contributed by atoms with E-state index in [1.807, 2.05) is 12.1 Å². The molecule has 94 valence electrons. The number of ether oxygens (including phenoxy) is 2. The van der Waals surface area contributed by atoms with Gasteiger partial charge in [0.1, 0.15) is 0 Å². The Morgan fingerprint density at radius 1 is 1.29 bits per heavy atom. The maximum atomic E-state index is 5.93. The van der Waals surface area contributed by atoms with Gasteiger partial charge in [-0.2, -0.15) is 0 Å². The summed E-state index contributed by atoms with van der Waals surface area (Å²) in [5.41, 5.74) is 1.53. The molecule has 1 fully saturated rings. The molecule has 0 N–H and O–H groups in total. The van der Waals surface area contributed by atoms with E-state index in [9.17, 15) is 0 Å². The Morgan fingerprint density at radius 2 is 2.06 bits per heavy atom. The molecule has 0 heterocycles. The minimum atomic E-state index is 0.343. The van der Waals surface area contributed by atoms with E-state index in [4.69, 9.17) is 9.47 Å². The smallest absolute Gasteiger partial charge is 0.161 e. The van der Waals surface area contributed by atoms with E-state index in [0.717, 1.165) is 23.4 Å². The summed E-state index contributed by atoms with van der Waals surface area (Å²) in [7, 11) is 1.69. The molecule has 1 aliphatic carbocycles. The highest BCUT2D eigenvalue weighted by molar-refractivity contribution is 9.09. The molecule has 1 aromatic carbocycles. The van der Waals surface area contributed by atoms with Crippen LogP contribution in [0.1, 0.15) is 24.8 Å². The maximum Gasteiger partial charge on any atom is 0.161 e. The molecule has 1 saturated carbocycles. The quantitative estimate of drug-likeness (QED) is 0.767. The van der Waals surface area contributed by atoms with Gasteiger partial charge in [-0.1, -0.05) is 28.4 Å². The van der Waals surface area contributed by atoms with Crippen molar-refractivity contribution in [1.82, 2.24) is 0 Å². The van der Waals surface area contributed by atoms with Crippen molar-refractivity contribution in [3.05, 3.63) is 23.8 Å². The highest BCUT2D eigenvalue weighted by Gasteiger charge is 2.36. The largest absolute Gasteiger partial charge is 0.493 e. The number of halogens is 1. The van der Waals surface area contributed by atoms with Gasteiger partial charge >= 0.3 is 0 Å². The van der Waals surface area contributed by atoms with Crippen LogP contribution in [0.25, 0.3) is 0 Å². The first kappa shape index (κ1) is 12.7. The first-order valence-electron chi connectivity index (χ1n) is 6.02. The summed E-state index contributed by atoms with van der Waals surface area (Å²) >= 11 is 3.59. The Labute approximate surface area is 111 Å². The summed E-state index contributed by atoms with van der Waals surface area (Å²) in [6, 6.07) is 6.06. The summed E-state index contributed by atoms with van der Waals surface area (Å²) in [5, 5.41) is 1.02. The summed E-state index contributed by atoms with van der Waals surface area (Å²) in [6.45, 7) is 2.83.